The van der Waals surface area contributed by atoms with Crippen LogP contribution in [0.2, 0.25) is 0 Å². The SMILES string of the molecule is CC(=O)O[C@@H](C1CC[C@H]2C(CC3C4CCC5C(C)(C)[C@@H](OC6C[C@@H](O)C(O)CO6)CCC56C[C@@]46CC[C@@]32C)O1)C(C)(C)O. The van der Waals surface area contributed by atoms with E-state index >= 15 is 0 Å². The molecule has 8 unspecified atom stereocenters. The van der Waals surface area contributed by atoms with Crippen LogP contribution in [-0.2, 0) is 23.7 Å². The van der Waals surface area contributed by atoms with Gasteiger partial charge in [0.1, 0.15) is 6.10 Å². The Labute approximate surface area is 257 Å². The van der Waals surface area contributed by atoms with E-state index in [1.807, 2.05) is 0 Å². The Bertz CT molecular complexity index is 1100. The number of esters is 1. The van der Waals surface area contributed by atoms with Crippen LogP contribution in [-0.4, -0.2) is 76.4 Å². The second-order valence-electron chi connectivity index (χ2n) is 17.3. The molecule has 0 bridgehead atoms. The first-order valence-corrected chi connectivity index (χ1v) is 17.3. The minimum atomic E-state index is -1.15. The van der Waals surface area contributed by atoms with Gasteiger partial charge in [0.15, 0.2) is 12.4 Å². The number of aliphatic hydroxyl groups excluding tert-OH is 2. The molecule has 5 saturated carbocycles. The van der Waals surface area contributed by atoms with Crippen molar-refractivity contribution in [1.29, 1.82) is 0 Å². The highest BCUT2D eigenvalue weighted by molar-refractivity contribution is 5.66. The lowest BCUT2D eigenvalue weighted by molar-refractivity contribution is -0.264. The van der Waals surface area contributed by atoms with E-state index in [1.165, 1.54) is 45.4 Å². The first-order valence-electron chi connectivity index (χ1n) is 17.3. The van der Waals surface area contributed by atoms with Gasteiger partial charge < -0.3 is 34.3 Å². The third-order valence-electron chi connectivity index (χ3n) is 14.5. The lowest BCUT2D eigenvalue weighted by atomic mass is 9.46. The average Bonchev–Trinajstić information content (AvgIpc) is 3.50. The second-order valence-corrected chi connectivity index (χ2v) is 17.3. The normalized spacial score (nSPS) is 52.5. The van der Waals surface area contributed by atoms with Crippen LogP contribution >= 0.6 is 0 Å². The maximum atomic E-state index is 11.9. The summed E-state index contributed by atoms with van der Waals surface area (Å²) in [5, 5.41) is 31.0. The van der Waals surface area contributed by atoms with Crippen molar-refractivity contribution in [2.24, 2.45) is 45.3 Å². The minimum absolute atomic E-state index is 0.0284. The predicted octanol–water partition coefficient (Wildman–Crippen LogP) is 4.75. The number of carbonyl (C=O) groups excluding carboxylic acids is 1. The summed E-state index contributed by atoms with van der Waals surface area (Å²) in [6, 6.07) is 0. The molecule has 2 aliphatic heterocycles. The van der Waals surface area contributed by atoms with E-state index in [9.17, 15) is 20.1 Å². The molecule has 2 saturated heterocycles. The first kappa shape index (κ1) is 30.9. The number of aliphatic hydroxyl groups is 3. The Morgan fingerprint density at radius 2 is 1.65 bits per heavy atom. The standard InChI is InChI=1S/C35H56O8/c1-19(36)41-30(32(4,5)39)25-9-7-21-26(42-25)15-22-20-8-10-27-31(2,3)28(43-29-16-23(37)24(38)17-40-29)11-12-35(27)18-34(20,35)14-13-33(21,22)6/h20-30,37-39H,7-18H2,1-6H3/t20?,21-,22?,23+,24?,25?,26?,27?,28-,29?,30-,33+,34-,35?/m0/s1. The second kappa shape index (κ2) is 10.1. The Hall–Kier alpha value is -0.770. The van der Waals surface area contributed by atoms with Crippen LogP contribution in [0, 0.1) is 45.3 Å². The Kier molecular flexibility index (Phi) is 7.26. The van der Waals surface area contributed by atoms with Gasteiger partial charge in [0.25, 0.3) is 0 Å². The largest absolute Gasteiger partial charge is 0.457 e. The fourth-order valence-electron chi connectivity index (χ4n) is 12.6. The van der Waals surface area contributed by atoms with Gasteiger partial charge in [-0.25, -0.2) is 0 Å². The molecule has 7 rings (SSSR count). The molecule has 0 aromatic heterocycles. The number of ether oxygens (including phenoxy) is 4. The van der Waals surface area contributed by atoms with Gasteiger partial charge in [0, 0.05) is 13.3 Å². The Morgan fingerprint density at radius 3 is 2.35 bits per heavy atom. The third kappa shape index (κ3) is 4.54. The molecule has 2 heterocycles. The van der Waals surface area contributed by atoms with Crippen molar-refractivity contribution >= 4 is 5.97 Å². The van der Waals surface area contributed by atoms with Crippen LogP contribution in [0.1, 0.15) is 112 Å². The number of fused-ring (bicyclic) bond motifs is 4. The molecular formula is C35H56O8. The lowest BCUT2D eigenvalue weighted by Gasteiger charge is -2.60. The summed E-state index contributed by atoms with van der Waals surface area (Å²) >= 11 is 0. The van der Waals surface area contributed by atoms with Gasteiger partial charge in [-0.3, -0.25) is 4.79 Å². The topological polar surface area (TPSA) is 115 Å². The zero-order valence-electron chi connectivity index (χ0n) is 27.2. The van der Waals surface area contributed by atoms with Gasteiger partial charge in [-0.2, -0.15) is 0 Å². The molecule has 3 N–H and O–H groups in total. The lowest BCUT2D eigenvalue weighted by Crippen LogP contribution is -2.56. The summed E-state index contributed by atoms with van der Waals surface area (Å²) in [5.41, 5.74) is 0.00131. The van der Waals surface area contributed by atoms with Gasteiger partial charge in [-0.1, -0.05) is 20.8 Å². The van der Waals surface area contributed by atoms with Gasteiger partial charge in [-0.15, -0.1) is 0 Å². The van der Waals surface area contributed by atoms with Crippen LogP contribution in [0.3, 0.4) is 0 Å². The molecule has 8 heteroatoms. The summed E-state index contributed by atoms with van der Waals surface area (Å²) in [6.07, 6.45) is 9.32. The molecule has 0 radical (unpaired) electrons. The molecule has 8 nitrogen and oxygen atoms in total. The average molecular weight is 605 g/mol. The van der Waals surface area contributed by atoms with E-state index in [1.54, 1.807) is 13.8 Å². The van der Waals surface area contributed by atoms with Crippen molar-refractivity contribution in [2.45, 2.75) is 161 Å². The van der Waals surface area contributed by atoms with Crippen molar-refractivity contribution in [2.75, 3.05) is 6.61 Å². The molecule has 14 atom stereocenters. The van der Waals surface area contributed by atoms with E-state index in [2.05, 4.69) is 20.8 Å². The van der Waals surface area contributed by atoms with Gasteiger partial charge >= 0.3 is 5.97 Å². The Balaban J connectivity index is 1.07. The van der Waals surface area contributed by atoms with E-state index in [0.29, 0.717) is 35.0 Å². The smallest absolute Gasteiger partial charge is 0.303 e. The number of hydrogen-bond acceptors (Lipinski definition) is 8. The summed E-state index contributed by atoms with van der Waals surface area (Å²) in [5.74, 6) is 2.18. The van der Waals surface area contributed by atoms with Crippen molar-refractivity contribution in [1.82, 2.24) is 0 Å². The number of rotatable bonds is 5. The predicted molar refractivity (Wildman–Crippen MR) is 159 cm³/mol. The summed E-state index contributed by atoms with van der Waals surface area (Å²) in [4.78, 5) is 11.9. The number of carbonyl (C=O) groups is 1. The van der Waals surface area contributed by atoms with Gasteiger partial charge in [0.2, 0.25) is 0 Å². The van der Waals surface area contributed by atoms with Crippen LogP contribution in [0.25, 0.3) is 0 Å². The van der Waals surface area contributed by atoms with E-state index in [-0.39, 0.29) is 41.7 Å². The number of hydrogen-bond donors (Lipinski definition) is 3. The van der Waals surface area contributed by atoms with E-state index < -0.39 is 30.2 Å². The van der Waals surface area contributed by atoms with E-state index in [4.69, 9.17) is 18.9 Å². The molecule has 0 aromatic carbocycles. The zero-order chi connectivity index (χ0) is 30.7. The molecule has 7 aliphatic rings. The highest BCUT2D eigenvalue weighted by atomic mass is 16.7. The first-order chi connectivity index (χ1) is 20.1. The molecule has 0 aromatic rings. The quantitative estimate of drug-likeness (QED) is 0.304. The van der Waals surface area contributed by atoms with Crippen LogP contribution < -0.4 is 0 Å². The van der Waals surface area contributed by atoms with Crippen molar-refractivity contribution in [3.63, 3.8) is 0 Å². The maximum absolute atomic E-state index is 11.9. The fraction of sp³-hybridized carbons (Fsp3) is 0.971. The molecule has 5 aliphatic carbocycles. The summed E-state index contributed by atoms with van der Waals surface area (Å²) in [7, 11) is 0. The molecule has 43 heavy (non-hydrogen) atoms. The van der Waals surface area contributed by atoms with Crippen molar-refractivity contribution < 1.29 is 39.1 Å². The van der Waals surface area contributed by atoms with Crippen LogP contribution in [0.5, 0.6) is 0 Å². The van der Waals surface area contributed by atoms with Gasteiger partial charge in [0.05, 0.1) is 36.6 Å². The molecule has 7 fully saturated rings. The van der Waals surface area contributed by atoms with Gasteiger partial charge in [-0.05, 0) is 123 Å². The van der Waals surface area contributed by atoms with Crippen LogP contribution in [0.15, 0.2) is 0 Å². The summed E-state index contributed by atoms with van der Waals surface area (Å²) in [6.45, 7) is 12.4. The minimum Gasteiger partial charge on any atom is -0.457 e. The monoisotopic (exact) mass is 604 g/mol. The zero-order valence-corrected chi connectivity index (χ0v) is 27.2. The molecule has 2 spiro atoms. The van der Waals surface area contributed by atoms with Crippen molar-refractivity contribution in [3.8, 4) is 0 Å². The summed E-state index contributed by atoms with van der Waals surface area (Å²) < 4.78 is 24.8. The highest BCUT2D eigenvalue weighted by Gasteiger charge is 2.80. The highest BCUT2D eigenvalue weighted by Crippen LogP contribution is 2.87. The van der Waals surface area contributed by atoms with Crippen molar-refractivity contribution in [3.05, 3.63) is 0 Å². The van der Waals surface area contributed by atoms with Crippen LogP contribution in [0.4, 0.5) is 0 Å². The third-order valence-corrected chi connectivity index (χ3v) is 14.5. The Morgan fingerprint density at radius 1 is 0.907 bits per heavy atom. The molecular weight excluding hydrogens is 548 g/mol. The van der Waals surface area contributed by atoms with E-state index in [0.717, 1.165) is 31.6 Å². The molecule has 244 valence electrons. The maximum Gasteiger partial charge on any atom is 0.303 e. The fourth-order valence-corrected chi connectivity index (χ4v) is 12.6. The molecule has 0 amide bonds.